The van der Waals surface area contributed by atoms with E-state index in [1.165, 1.54) is 12.3 Å². The second kappa shape index (κ2) is 7.86. The standard InChI is InChI=1S/C21H20N2O4/c1-15(2)23-20(25)18(12-6-10-16-8-4-3-5-9-16)19(24)22(21(23)26)14-17-11-7-13-27-17/h3-13,15H,14H2,1-2H3/b10-6-,18-12+. The van der Waals surface area contributed by atoms with E-state index >= 15 is 0 Å². The van der Waals surface area contributed by atoms with Crippen LogP contribution in [-0.2, 0) is 16.1 Å². The number of imide groups is 2. The minimum atomic E-state index is -0.638. The summed E-state index contributed by atoms with van der Waals surface area (Å²) in [5.74, 6) is -0.752. The van der Waals surface area contributed by atoms with Crippen molar-refractivity contribution in [2.24, 2.45) is 0 Å². The molecule has 2 heterocycles. The quantitative estimate of drug-likeness (QED) is 0.600. The van der Waals surface area contributed by atoms with E-state index in [0.29, 0.717) is 5.76 Å². The Bertz CT molecular complexity index is 896. The lowest BCUT2D eigenvalue weighted by Gasteiger charge is -2.35. The van der Waals surface area contributed by atoms with E-state index in [9.17, 15) is 14.4 Å². The van der Waals surface area contributed by atoms with Crippen LogP contribution in [0.1, 0.15) is 25.2 Å². The van der Waals surface area contributed by atoms with Gasteiger partial charge in [-0.05, 0) is 37.6 Å². The fourth-order valence-corrected chi connectivity index (χ4v) is 2.79. The number of amides is 4. The summed E-state index contributed by atoms with van der Waals surface area (Å²) in [7, 11) is 0. The van der Waals surface area contributed by atoms with Crippen LogP contribution in [0.25, 0.3) is 6.08 Å². The second-order valence-corrected chi connectivity index (χ2v) is 6.37. The number of urea groups is 1. The molecule has 4 amide bonds. The Morgan fingerprint density at radius 3 is 2.37 bits per heavy atom. The van der Waals surface area contributed by atoms with Crippen LogP contribution >= 0.6 is 0 Å². The molecule has 0 radical (unpaired) electrons. The molecule has 27 heavy (non-hydrogen) atoms. The zero-order valence-corrected chi connectivity index (χ0v) is 15.2. The zero-order chi connectivity index (χ0) is 19.4. The van der Waals surface area contributed by atoms with Crippen molar-refractivity contribution in [1.29, 1.82) is 0 Å². The number of hydrogen-bond acceptors (Lipinski definition) is 4. The highest BCUT2D eigenvalue weighted by molar-refractivity contribution is 6.28. The van der Waals surface area contributed by atoms with Crippen molar-refractivity contribution in [3.8, 4) is 0 Å². The van der Waals surface area contributed by atoms with Crippen LogP contribution in [0, 0.1) is 0 Å². The highest BCUT2D eigenvalue weighted by atomic mass is 16.3. The smallest absolute Gasteiger partial charge is 0.334 e. The van der Waals surface area contributed by atoms with Gasteiger partial charge in [0.05, 0.1) is 12.8 Å². The molecule has 1 fully saturated rings. The number of carbonyl (C=O) groups is 3. The van der Waals surface area contributed by atoms with Crippen molar-refractivity contribution in [1.82, 2.24) is 9.80 Å². The first-order chi connectivity index (χ1) is 13.0. The molecule has 0 saturated carbocycles. The zero-order valence-electron chi connectivity index (χ0n) is 15.2. The average molecular weight is 364 g/mol. The van der Waals surface area contributed by atoms with E-state index in [-0.39, 0.29) is 18.2 Å². The van der Waals surface area contributed by atoms with Crippen LogP contribution in [0.5, 0.6) is 0 Å². The SMILES string of the molecule is CC(C)N1C(=O)/C(=C/C=C\c2ccccc2)C(=O)N(Cc2ccco2)C1=O. The Kier molecular flexibility index (Phi) is 5.35. The van der Waals surface area contributed by atoms with E-state index in [1.807, 2.05) is 30.3 Å². The third kappa shape index (κ3) is 3.89. The van der Waals surface area contributed by atoms with Crippen LogP contribution < -0.4 is 0 Å². The van der Waals surface area contributed by atoms with Crippen LogP contribution in [0.4, 0.5) is 4.79 Å². The first-order valence-corrected chi connectivity index (χ1v) is 8.64. The number of furan rings is 1. The molecule has 1 aromatic carbocycles. The predicted molar refractivity (Wildman–Crippen MR) is 100 cm³/mol. The molecular weight excluding hydrogens is 344 g/mol. The monoisotopic (exact) mass is 364 g/mol. The molecule has 1 aliphatic heterocycles. The number of rotatable bonds is 5. The van der Waals surface area contributed by atoms with E-state index in [0.717, 1.165) is 15.4 Å². The van der Waals surface area contributed by atoms with E-state index < -0.39 is 17.8 Å². The lowest BCUT2D eigenvalue weighted by molar-refractivity contribution is -0.137. The summed E-state index contributed by atoms with van der Waals surface area (Å²) < 4.78 is 5.25. The van der Waals surface area contributed by atoms with Gasteiger partial charge in [-0.25, -0.2) is 4.79 Å². The molecule has 0 atom stereocenters. The van der Waals surface area contributed by atoms with Gasteiger partial charge < -0.3 is 4.42 Å². The predicted octanol–water partition coefficient (Wildman–Crippen LogP) is 3.62. The van der Waals surface area contributed by atoms with Crippen LogP contribution in [0.3, 0.4) is 0 Å². The van der Waals surface area contributed by atoms with Gasteiger partial charge in [-0.2, -0.15) is 0 Å². The average Bonchev–Trinajstić information content (AvgIpc) is 3.15. The fourth-order valence-electron chi connectivity index (χ4n) is 2.79. The first-order valence-electron chi connectivity index (χ1n) is 8.64. The summed E-state index contributed by atoms with van der Waals surface area (Å²) in [6.07, 6.45) is 6.36. The number of benzene rings is 1. The molecule has 2 aromatic rings. The molecule has 138 valence electrons. The summed E-state index contributed by atoms with van der Waals surface area (Å²) in [6, 6.07) is 11.9. The van der Waals surface area contributed by atoms with E-state index in [2.05, 4.69) is 0 Å². The van der Waals surface area contributed by atoms with Crippen molar-refractivity contribution in [2.75, 3.05) is 0 Å². The molecule has 6 nitrogen and oxygen atoms in total. The molecule has 0 aliphatic carbocycles. The summed E-state index contributed by atoms with van der Waals surface area (Å²) in [6.45, 7) is 3.43. The second-order valence-electron chi connectivity index (χ2n) is 6.37. The lowest BCUT2D eigenvalue weighted by Crippen LogP contribution is -2.58. The van der Waals surface area contributed by atoms with Crippen molar-refractivity contribution in [3.63, 3.8) is 0 Å². The minimum absolute atomic E-state index is 0.0269. The first kappa shape index (κ1) is 18.4. The number of hydrogen-bond donors (Lipinski definition) is 0. The van der Waals surface area contributed by atoms with Crippen LogP contribution in [0.15, 0.2) is 70.9 Å². The Labute approximate surface area is 157 Å². The third-order valence-electron chi connectivity index (χ3n) is 4.12. The fraction of sp³-hybridized carbons (Fsp3) is 0.190. The van der Waals surface area contributed by atoms with Gasteiger partial charge in [0.1, 0.15) is 11.3 Å². The Morgan fingerprint density at radius 1 is 1.00 bits per heavy atom. The number of carbonyl (C=O) groups excluding carboxylic acids is 3. The van der Waals surface area contributed by atoms with Gasteiger partial charge >= 0.3 is 6.03 Å². The topological polar surface area (TPSA) is 70.8 Å². The molecule has 3 rings (SSSR count). The highest BCUT2D eigenvalue weighted by Crippen LogP contribution is 2.22. The van der Waals surface area contributed by atoms with Crippen molar-refractivity contribution in [2.45, 2.75) is 26.4 Å². The van der Waals surface area contributed by atoms with E-state index in [4.69, 9.17) is 4.42 Å². The lowest BCUT2D eigenvalue weighted by atomic mass is 10.1. The van der Waals surface area contributed by atoms with Crippen molar-refractivity contribution in [3.05, 3.63) is 77.8 Å². The number of nitrogens with zero attached hydrogens (tertiary/aromatic N) is 2. The van der Waals surface area contributed by atoms with Gasteiger partial charge in [0, 0.05) is 6.04 Å². The Hall–Kier alpha value is -3.41. The van der Waals surface area contributed by atoms with Crippen LogP contribution in [0.2, 0.25) is 0 Å². The largest absolute Gasteiger partial charge is 0.467 e. The normalized spacial score (nSPS) is 17.0. The van der Waals surface area contributed by atoms with Crippen molar-refractivity contribution >= 4 is 23.9 Å². The Balaban J connectivity index is 1.92. The van der Waals surface area contributed by atoms with E-state index in [1.54, 1.807) is 38.1 Å². The Morgan fingerprint density at radius 2 is 1.74 bits per heavy atom. The third-order valence-corrected chi connectivity index (χ3v) is 4.12. The molecule has 1 aromatic heterocycles. The van der Waals surface area contributed by atoms with Gasteiger partial charge in [0.15, 0.2) is 0 Å². The summed E-state index contributed by atoms with van der Waals surface area (Å²) in [4.78, 5) is 40.3. The highest BCUT2D eigenvalue weighted by Gasteiger charge is 2.43. The number of barbiturate groups is 1. The molecule has 1 saturated heterocycles. The van der Waals surface area contributed by atoms with Gasteiger partial charge in [-0.3, -0.25) is 19.4 Å². The maximum Gasteiger partial charge on any atom is 0.334 e. The molecule has 0 bridgehead atoms. The molecule has 0 unspecified atom stereocenters. The molecule has 6 heteroatoms. The van der Waals surface area contributed by atoms with Gasteiger partial charge in [0.25, 0.3) is 11.8 Å². The molecular formula is C21H20N2O4. The van der Waals surface area contributed by atoms with Gasteiger partial charge in [-0.1, -0.05) is 42.5 Å². The van der Waals surface area contributed by atoms with Gasteiger partial charge in [0.2, 0.25) is 0 Å². The van der Waals surface area contributed by atoms with Crippen molar-refractivity contribution < 1.29 is 18.8 Å². The summed E-state index contributed by atoms with van der Waals surface area (Å²) in [5, 5.41) is 0. The molecule has 0 spiro atoms. The minimum Gasteiger partial charge on any atom is -0.467 e. The van der Waals surface area contributed by atoms with Crippen LogP contribution in [-0.4, -0.2) is 33.7 Å². The maximum atomic E-state index is 12.8. The van der Waals surface area contributed by atoms with Gasteiger partial charge in [-0.15, -0.1) is 0 Å². The summed E-state index contributed by atoms with van der Waals surface area (Å²) >= 11 is 0. The summed E-state index contributed by atoms with van der Waals surface area (Å²) in [5.41, 5.74) is 0.885. The number of allylic oxidation sites excluding steroid dienone is 2. The maximum absolute atomic E-state index is 12.8. The molecule has 1 aliphatic rings. The molecule has 0 N–H and O–H groups in total.